The Morgan fingerprint density at radius 1 is 0.852 bits per heavy atom. The number of rotatable bonds is 7. The predicted octanol–water partition coefficient (Wildman–Crippen LogP) is 5.26. The Morgan fingerprint density at radius 3 is 2.07 bits per heavy atom. The topological polar surface area (TPSA) is 53.1 Å². The Labute approximate surface area is 159 Å². The third-order valence-corrected chi connectivity index (χ3v) is 4.22. The van der Waals surface area contributed by atoms with Gasteiger partial charge < -0.3 is 15.5 Å². The van der Waals surface area contributed by atoms with E-state index < -0.39 is 0 Å². The Balaban J connectivity index is 1.75. The molecule has 0 unspecified atom stereocenters. The minimum atomic E-state index is -0.269. The monoisotopic (exact) mass is 365 g/mol. The highest BCUT2D eigenvalue weighted by molar-refractivity contribution is 5.62. The van der Waals surface area contributed by atoms with Gasteiger partial charge in [0.05, 0.1) is 0 Å². The maximum atomic E-state index is 13.1. The molecule has 2 N–H and O–H groups in total. The van der Waals surface area contributed by atoms with Gasteiger partial charge in [-0.1, -0.05) is 0 Å². The second-order valence-electron chi connectivity index (χ2n) is 6.19. The molecule has 0 spiro atoms. The molecular formula is C21H24FN5. The van der Waals surface area contributed by atoms with Crippen LogP contribution in [0.1, 0.15) is 19.5 Å². The van der Waals surface area contributed by atoms with Crippen molar-refractivity contribution in [3.8, 4) is 0 Å². The van der Waals surface area contributed by atoms with Crippen molar-refractivity contribution >= 4 is 28.8 Å². The quantitative estimate of drug-likeness (QED) is 0.598. The van der Waals surface area contributed by atoms with Crippen LogP contribution in [0.4, 0.5) is 33.2 Å². The van der Waals surface area contributed by atoms with Crippen molar-refractivity contribution < 1.29 is 4.39 Å². The van der Waals surface area contributed by atoms with E-state index in [1.165, 1.54) is 17.8 Å². The molecule has 3 rings (SSSR count). The maximum absolute atomic E-state index is 13.1. The molecule has 1 aromatic heterocycles. The summed E-state index contributed by atoms with van der Waals surface area (Å²) in [5.74, 6) is 0.890. The summed E-state index contributed by atoms with van der Waals surface area (Å²) in [4.78, 5) is 11.2. The van der Waals surface area contributed by atoms with Crippen molar-refractivity contribution in [2.45, 2.75) is 20.8 Å². The van der Waals surface area contributed by atoms with Gasteiger partial charge >= 0.3 is 0 Å². The molecule has 5 nitrogen and oxygen atoms in total. The molecule has 0 aliphatic rings. The Morgan fingerprint density at radius 2 is 1.44 bits per heavy atom. The van der Waals surface area contributed by atoms with Gasteiger partial charge in [0.1, 0.15) is 11.6 Å². The molecule has 0 aliphatic heterocycles. The lowest BCUT2D eigenvalue weighted by atomic mass is 10.2. The molecule has 0 radical (unpaired) electrons. The smallest absolute Gasteiger partial charge is 0.229 e. The third-order valence-electron chi connectivity index (χ3n) is 4.22. The van der Waals surface area contributed by atoms with Crippen LogP contribution < -0.4 is 15.5 Å². The minimum Gasteiger partial charge on any atom is -0.372 e. The van der Waals surface area contributed by atoms with Crippen molar-refractivity contribution in [3.63, 3.8) is 0 Å². The average molecular weight is 365 g/mol. The zero-order chi connectivity index (χ0) is 19.2. The number of hydrogen-bond acceptors (Lipinski definition) is 5. The number of halogens is 1. The Hall–Kier alpha value is -3.15. The molecule has 0 bridgehead atoms. The number of anilines is 5. The van der Waals surface area contributed by atoms with Gasteiger partial charge in [0.25, 0.3) is 0 Å². The molecule has 1 heterocycles. The molecule has 0 amide bonds. The van der Waals surface area contributed by atoms with E-state index in [0.29, 0.717) is 11.8 Å². The summed E-state index contributed by atoms with van der Waals surface area (Å²) in [5, 5.41) is 6.41. The summed E-state index contributed by atoms with van der Waals surface area (Å²) in [6.45, 7) is 8.15. The second-order valence-corrected chi connectivity index (χ2v) is 6.19. The zero-order valence-corrected chi connectivity index (χ0v) is 15.8. The Bertz CT molecular complexity index is 874. The van der Waals surface area contributed by atoms with Crippen LogP contribution in [0.5, 0.6) is 0 Å². The van der Waals surface area contributed by atoms with Crippen molar-refractivity contribution in [3.05, 3.63) is 66.1 Å². The minimum absolute atomic E-state index is 0.269. The van der Waals surface area contributed by atoms with Crippen molar-refractivity contribution in [1.29, 1.82) is 0 Å². The molecule has 0 aliphatic carbocycles. The van der Waals surface area contributed by atoms with Gasteiger partial charge in [0.2, 0.25) is 5.95 Å². The lowest BCUT2D eigenvalue weighted by Gasteiger charge is -2.21. The number of aromatic nitrogens is 2. The Kier molecular flexibility index (Phi) is 5.86. The van der Waals surface area contributed by atoms with E-state index in [-0.39, 0.29) is 5.82 Å². The van der Waals surface area contributed by atoms with E-state index in [2.05, 4.69) is 51.5 Å². The molecule has 0 saturated carbocycles. The number of aryl methyl sites for hydroxylation is 1. The summed E-state index contributed by atoms with van der Waals surface area (Å²) in [7, 11) is 0. The van der Waals surface area contributed by atoms with Gasteiger partial charge in [-0.25, -0.2) is 9.37 Å². The standard InChI is InChI=1S/C21H24FN5/c1-4-27(5-2)19-12-10-18(11-13-19)25-21-23-15(3)14-20(26-21)24-17-8-6-16(22)7-9-17/h6-14H,4-5H2,1-3H3,(H2,23,24,25,26). The van der Waals surface area contributed by atoms with E-state index >= 15 is 0 Å². The van der Waals surface area contributed by atoms with Crippen LogP contribution in [0, 0.1) is 12.7 Å². The zero-order valence-electron chi connectivity index (χ0n) is 15.8. The summed E-state index contributed by atoms with van der Waals surface area (Å²) >= 11 is 0. The lowest BCUT2D eigenvalue weighted by Crippen LogP contribution is -2.21. The fraction of sp³-hybridized carbons (Fsp3) is 0.238. The van der Waals surface area contributed by atoms with Gasteiger partial charge in [-0.2, -0.15) is 4.98 Å². The van der Waals surface area contributed by atoms with Crippen LogP contribution in [0.15, 0.2) is 54.6 Å². The first kappa shape index (κ1) is 18.6. The molecule has 0 fully saturated rings. The van der Waals surface area contributed by atoms with Crippen LogP contribution in [-0.4, -0.2) is 23.1 Å². The van der Waals surface area contributed by atoms with Gasteiger partial charge in [-0.05, 0) is 69.3 Å². The molecule has 140 valence electrons. The van der Waals surface area contributed by atoms with E-state index in [4.69, 9.17) is 0 Å². The van der Waals surface area contributed by atoms with Crippen molar-refractivity contribution in [2.24, 2.45) is 0 Å². The largest absolute Gasteiger partial charge is 0.372 e. The highest BCUT2D eigenvalue weighted by Gasteiger charge is 2.05. The van der Waals surface area contributed by atoms with Gasteiger partial charge in [0, 0.05) is 41.9 Å². The molecule has 27 heavy (non-hydrogen) atoms. The molecule has 3 aromatic rings. The SMILES string of the molecule is CCN(CC)c1ccc(Nc2nc(C)cc(Nc3ccc(F)cc3)n2)cc1. The maximum Gasteiger partial charge on any atom is 0.229 e. The van der Waals surface area contributed by atoms with E-state index in [0.717, 1.165) is 30.2 Å². The van der Waals surface area contributed by atoms with Crippen molar-refractivity contribution in [2.75, 3.05) is 28.6 Å². The summed E-state index contributed by atoms with van der Waals surface area (Å²) in [6.07, 6.45) is 0. The fourth-order valence-corrected chi connectivity index (χ4v) is 2.84. The summed E-state index contributed by atoms with van der Waals surface area (Å²) < 4.78 is 13.1. The van der Waals surface area contributed by atoms with Gasteiger partial charge in [-0.3, -0.25) is 0 Å². The van der Waals surface area contributed by atoms with Crippen molar-refractivity contribution in [1.82, 2.24) is 9.97 Å². The molecule has 2 aromatic carbocycles. The number of nitrogens with zero attached hydrogens (tertiary/aromatic N) is 3. The van der Waals surface area contributed by atoms with E-state index in [1.807, 2.05) is 25.1 Å². The molecule has 6 heteroatoms. The number of hydrogen-bond donors (Lipinski definition) is 2. The molecular weight excluding hydrogens is 341 g/mol. The first-order valence-electron chi connectivity index (χ1n) is 9.07. The number of nitrogens with one attached hydrogen (secondary N) is 2. The van der Waals surface area contributed by atoms with E-state index in [9.17, 15) is 4.39 Å². The normalized spacial score (nSPS) is 10.5. The molecule has 0 saturated heterocycles. The first-order chi connectivity index (χ1) is 13.1. The van der Waals surface area contributed by atoms with Gasteiger partial charge in [0.15, 0.2) is 0 Å². The van der Waals surface area contributed by atoms with Crippen LogP contribution in [0.2, 0.25) is 0 Å². The number of benzene rings is 2. The predicted molar refractivity (Wildman–Crippen MR) is 110 cm³/mol. The molecule has 0 atom stereocenters. The highest BCUT2D eigenvalue weighted by Crippen LogP contribution is 2.22. The summed E-state index contributed by atoms with van der Waals surface area (Å²) in [5.41, 5.74) is 3.71. The third kappa shape index (κ3) is 4.94. The van der Waals surface area contributed by atoms with Crippen LogP contribution in [0.25, 0.3) is 0 Å². The average Bonchev–Trinajstić information content (AvgIpc) is 2.65. The van der Waals surface area contributed by atoms with E-state index in [1.54, 1.807) is 12.1 Å². The second kappa shape index (κ2) is 8.49. The first-order valence-corrected chi connectivity index (χ1v) is 9.07. The van der Waals surface area contributed by atoms with Crippen LogP contribution >= 0.6 is 0 Å². The van der Waals surface area contributed by atoms with Crippen LogP contribution in [0.3, 0.4) is 0 Å². The fourth-order valence-electron chi connectivity index (χ4n) is 2.84. The van der Waals surface area contributed by atoms with Crippen LogP contribution in [-0.2, 0) is 0 Å². The van der Waals surface area contributed by atoms with Gasteiger partial charge in [-0.15, -0.1) is 0 Å². The lowest BCUT2D eigenvalue weighted by molar-refractivity contribution is 0.628. The highest BCUT2D eigenvalue weighted by atomic mass is 19.1. The summed E-state index contributed by atoms with van der Waals surface area (Å²) in [6, 6.07) is 16.2.